The molecule has 0 amide bonds. The summed E-state index contributed by atoms with van der Waals surface area (Å²) in [5.41, 5.74) is 2.95. The van der Waals surface area contributed by atoms with Gasteiger partial charge in [-0.05, 0) is 23.0 Å². The van der Waals surface area contributed by atoms with Crippen LogP contribution in [0, 0.1) is 0 Å². The van der Waals surface area contributed by atoms with Gasteiger partial charge in [-0.25, -0.2) is 29.9 Å². The van der Waals surface area contributed by atoms with E-state index < -0.39 is 0 Å². The molecule has 2 aliphatic rings. The van der Waals surface area contributed by atoms with Crippen LogP contribution in [0.4, 0.5) is 0 Å². The van der Waals surface area contributed by atoms with Crippen molar-refractivity contribution in [2.24, 2.45) is 0 Å². The molecular formula is C52H32Cl10N8O2. The zero-order valence-electron chi connectivity index (χ0n) is 38.2. The molecule has 0 radical (unpaired) electrons. The molecule has 0 aliphatic carbocycles. The zero-order chi connectivity index (χ0) is 51.0. The highest BCUT2D eigenvalue weighted by atomic mass is 35.5. The Balaban J connectivity index is 1.31. The van der Waals surface area contributed by atoms with Crippen molar-refractivity contribution in [1.29, 1.82) is 0 Å². The van der Waals surface area contributed by atoms with Gasteiger partial charge in [0.2, 0.25) is 0 Å². The summed E-state index contributed by atoms with van der Waals surface area (Å²) in [7, 11) is 0. The van der Waals surface area contributed by atoms with Gasteiger partial charge in [-0.2, -0.15) is 0 Å². The van der Waals surface area contributed by atoms with Crippen molar-refractivity contribution in [3.8, 4) is 68.5 Å². The molecule has 3 aromatic heterocycles. The smallest absolute Gasteiger partial charge is 0.166 e. The van der Waals surface area contributed by atoms with E-state index in [-0.39, 0.29) is 140 Å². The number of nitrogens with zero attached hydrogens (tertiary/aromatic N) is 6. The minimum atomic E-state index is -0.342. The van der Waals surface area contributed by atoms with E-state index in [2.05, 4.69) is 51.5 Å². The number of halogens is 10. The van der Waals surface area contributed by atoms with Gasteiger partial charge in [0.05, 0.1) is 73.2 Å². The summed E-state index contributed by atoms with van der Waals surface area (Å²) in [5, 5.41) is 1.88. The van der Waals surface area contributed by atoms with Crippen molar-refractivity contribution in [3.63, 3.8) is 0 Å². The molecule has 10 nitrogen and oxygen atoms in total. The van der Waals surface area contributed by atoms with Crippen LogP contribution in [0.5, 0.6) is 23.0 Å². The second kappa shape index (κ2) is 17.9. The Morgan fingerprint density at radius 1 is 0.347 bits per heavy atom. The van der Waals surface area contributed by atoms with Crippen molar-refractivity contribution in [2.75, 3.05) is 0 Å². The lowest BCUT2D eigenvalue weighted by molar-refractivity contribution is 0.455. The summed E-state index contributed by atoms with van der Waals surface area (Å²) in [6.45, 7) is 12.4. The number of rotatable bonds is 4. The first-order chi connectivity index (χ1) is 34.1. The number of fused-ring (bicyclic) bond motifs is 20. The molecule has 72 heavy (non-hydrogen) atoms. The van der Waals surface area contributed by atoms with Gasteiger partial charge in [-0.1, -0.05) is 218 Å². The molecule has 0 saturated carbocycles. The Morgan fingerprint density at radius 3 is 1.12 bits per heavy atom. The molecule has 2 N–H and O–H groups in total. The Bertz CT molecular complexity index is 4050. The standard InChI is InChI=1S/C52H32Cl10N8O2/c1-51(2,3)21-15-9-11-17-23(21)71-41-35(57)29-27(33(55)39(41)61)46-65-44-20-14-8-7-13-19(20)43(63-44)64-45-25-26(32(54)38(60)37(59)31(25)53)47(66-45)68-48-28-30(50(69-48)70-49(29)67-46)36(58)42(40(62)34(28)56)72-24-18-12-10-16-22(24)52(4,5)6/h7-18H,1-6H3,(H2,63,64,65,66,67,68,69,70). The molecule has 8 bridgehead atoms. The van der Waals surface area contributed by atoms with Gasteiger partial charge in [0, 0.05) is 21.9 Å². The SMILES string of the molecule is CC(C)(C)c1ccccc1Oc1c(Cl)c(Cl)c2c(c1Cl)-c1nc-2nc2[nH]c(nc3nc(nc4[nH]c(n1)c1c(Cl)c(Oc5ccccc5C(C)(C)C)c(Cl)c(Cl)c41)-c1c(Cl)c(Cl)c(Cl)c(Cl)c1-3)c1ccccc21. The highest BCUT2D eigenvalue weighted by Crippen LogP contribution is 2.56. The van der Waals surface area contributed by atoms with Gasteiger partial charge in [-0.3, -0.25) is 0 Å². The van der Waals surface area contributed by atoms with Crippen LogP contribution in [0.2, 0.25) is 50.2 Å². The lowest BCUT2D eigenvalue weighted by Gasteiger charge is -2.23. The predicted molar refractivity (Wildman–Crippen MR) is 297 cm³/mol. The van der Waals surface area contributed by atoms with E-state index in [9.17, 15) is 0 Å². The summed E-state index contributed by atoms with van der Waals surface area (Å²) in [6, 6.07) is 22.6. The van der Waals surface area contributed by atoms with E-state index in [4.69, 9.17) is 155 Å². The maximum absolute atomic E-state index is 7.52. The lowest BCUT2D eigenvalue weighted by atomic mass is 9.86. The first-order valence-corrected chi connectivity index (χ1v) is 25.7. The van der Waals surface area contributed by atoms with Crippen LogP contribution in [0.3, 0.4) is 0 Å². The Labute approximate surface area is 460 Å². The fourth-order valence-electron chi connectivity index (χ4n) is 8.84. The van der Waals surface area contributed by atoms with Crippen LogP contribution in [-0.2, 0) is 10.8 Å². The number of ether oxygens (including phenoxy) is 2. The third-order valence-corrected chi connectivity index (χ3v) is 16.4. The molecule has 5 heterocycles. The molecule has 0 unspecified atom stereocenters. The maximum atomic E-state index is 7.52. The van der Waals surface area contributed by atoms with Gasteiger partial charge < -0.3 is 19.4 Å². The number of hydrogen-bond acceptors (Lipinski definition) is 8. The molecule has 0 saturated heterocycles. The summed E-state index contributed by atoms with van der Waals surface area (Å²) in [5.74, 6) is 1.35. The summed E-state index contributed by atoms with van der Waals surface area (Å²) in [4.78, 5) is 36.9. The fourth-order valence-corrected chi connectivity index (χ4v) is 11.6. The van der Waals surface area contributed by atoms with Crippen molar-refractivity contribution < 1.29 is 9.47 Å². The van der Waals surface area contributed by atoms with Gasteiger partial charge in [0.25, 0.3) is 0 Å². The average molecular weight is 1160 g/mol. The van der Waals surface area contributed by atoms with Crippen molar-refractivity contribution in [3.05, 3.63) is 134 Å². The Kier molecular flexibility index (Phi) is 12.3. The van der Waals surface area contributed by atoms with Crippen LogP contribution >= 0.6 is 116 Å². The number of aromatic amines is 2. The molecule has 6 aromatic carbocycles. The van der Waals surface area contributed by atoms with Crippen molar-refractivity contribution in [2.45, 2.75) is 52.4 Å². The van der Waals surface area contributed by atoms with Gasteiger partial charge in [-0.15, -0.1) is 0 Å². The lowest BCUT2D eigenvalue weighted by Crippen LogP contribution is -2.12. The number of benzene rings is 6. The highest BCUT2D eigenvalue weighted by molar-refractivity contribution is 6.55. The van der Waals surface area contributed by atoms with Crippen LogP contribution in [0.15, 0.2) is 72.8 Å². The molecule has 0 fully saturated rings. The minimum Gasteiger partial charge on any atom is -0.454 e. The number of H-pyrrole nitrogens is 2. The van der Waals surface area contributed by atoms with E-state index in [0.29, 0.717) is 33.6 Å². The number of hydrogen-bond donors (Lipinski definition) is 2. The van der Waals surface area contributed by atoms with Crippen molar-refractivity contribution >= 4 is 160 Å². The summed E-state index contributed by atoms with van der Waals surface area (Å²) < 4.78 is 13.3. The molecule has 0 spiro atoms. The highest BCUT2D eigenvalue weighted by Gasteiger charge is 2.35. The molecule has 362 valence electrons. The average Bonchev–Trinajstić information content (AvgIpc) is 4.09. The van der Waals surface area contributed by atoms with E-state index >= 15 is 0 Å². The summed E-state index contributed by atoms with van der Waals surface area (Å²) in [6.07, 6.45) is 0. The van der Waals surface area contributed by atoms with Crippen LogP contribution in [0.25, 0.3) is 89.7 Å². The van der Waals surface area contributed by atoms with Gasteiger partial charge in [0.15, 0.2) is 34.8 Å². The van der Waals surface area contributed by atoms with Gasteiger partial charge >= 0.3 is 0 Å². The first-order valence-electron chi connectivity index (χ1n) is 21.9. The molecule has 0 atom stereocenters. The molecule has 20 heteroatoms. The normalized spacial score (nSPS) is 12.4. The topological polar surface area (TPSA) is 127 Å². The van der Waals surface area contributed by atoms with E-state index in [1.165, 1.54) is 0 Å². The number of para-hydroxylation sites is 2. The van der Waals surface area contributed by atoms with Crippen LogP contribution in [0.1, 0.15) is 52.7 Å². The monoisotopic (exact) mass is 1150 g/mol. The fraction of sp³-hybridized carbons (Fsp3) is 0.154. The second-order valence-electron chi connectivity index (χ2n) is 18.9. The number of aromatic nitrogens is 8. The molecule has 11 rings (SSSR count). The Morgan fingerprint density at radius 2 is 0.681 bits per heavy atom. The zero-order valence-corrected chi connectivity index (χ0v) is 45.8. The van der Waals surface area contributed by atoms with E-state index in [0.717, 1.165) is 11.1 Å². The molecular weight excluding hydrogens is 1120 g/mol. The maximum Gasteiger partial charge on any atom is 0.166 e. The third-order valence-electron chi connectivity index (χ3n) is 12.2. The second-order valence-corrected chi connectivity index (χ2v) is 22.7. The van der Waals surface area contributed by atoms with E-state index in [1.807, 2.05) is 72.8 Å². The van der Waals surface area contributed by atoms with Crippen molar-refractivity contribution in [1.82, 2.24) is 39.9 Å². The predicted octanol–water partition coefficient (Wildman–Crippen LogP) is 19.6. The third kappa shape index (κ3) is 7.91. The van der Waals surface area contributed by atoms with E-state index in [1.54, 1.807) is 0 Å². The summed E-state index contributed by atoms with van der Waals surface area (Å²) >= 11 is 71.6. The van der Waals surface area contributed by atoms with Crippen LogP contribution < -0.4 is 9.47 Å². The first kappa shape index (κ1) is 49.4. The quantitative estimate of drug-likeness (QED) is 0.132. The van der Waals surface area contributed by atoms with Crippen LogP contribution in [-0.4, -0.2) is 39.9 Å². The molecule has 2 aliphatic heterocycles. The minimum absolute atomic E-state index is 0.00166. The molecule has 9 aromatic rings. The van der Waals surface area contributed by atoms with Gasteiger partial charge in [0.1, 0.15) is 44.1 Å². The largest absolute Gasteiger partial charge is 0.454 e. The Hall–Kier alpha value is -4.82. The number of nitrogens with one attached hydrogen (secondary N) is 2.